The molecule has 0 aliphatic carbocycles. The molecule has 228 valence electrons. The molecule has 0 unspecified atom stereocenters. The van der Waals surface area contributed by atoms with Crippen LogP contribution in [0.3, 0.4) is 0 Å². The molecule has 0 saturated heterocycles. The molecule has 0 spiro atoms. The second-order valence-corrected chi connectivity index (χ2v) is 11.1. The average Bonchev–Trinajstić information content (AvgIpc) is 3.78. The Morgan fingerprint density at radius 3 is 1.05 bits per heavy atom. The second kappa shape index (κ2) is 19.3. The molecule has 0 atom stereocenters. The van der Waals surface area contributed by atoms with Crippen LogP contribution < -0.4 is 0 Å². The molecule has 0 amide bonds. The van der Waals surface area contributed by atoms with Crippen LogP contribution in [0.5, 0.6) is 0 Å². The first-order chi connectivity index (χ1) is 19.8. The fourth-order valence-electron chi connectivity index (χ4n) is 2.16. The summed E-state index contributed by atoms with van der Waals surface area (Å²) in [5, 5.41) is 19.8. The van der Waals surface area contributed by atoms with Gasteiger partial charge in [0, 0.05) is 24.0 Å². The van der Waals surface area contributed by atoms with Crippen molar-refractivity contribution in [1.82, 2.24) is 59.0 Å². The molecule has 0 fully saturated rings. The summed E-state index contributed by atoms with van der Waals surface area (Å²) in [6.45, 7) is 22.4. The van der Waals surface area contributed by atoms with E-state index in [-0.39, 0.29) is 0 Å². The van der Waals surface area contributed by atoms with Gasteiger partial charge in [0.2, 0.25) is 11.8 Å². The third kappa shape index (κ3) is 16.4. The van der Waals surface area contributed by atoms with Crippen LogP contribution >= 0.6 is 34.6 Å². The summed E-state index contributed by atoms with van der Waals surface area (Å²) in [5.41, 5.74) is 1.91. The third-order valence-electron chi connectivity index (χ3n) is 4.27. The number of rotatable bonds is 0. The van der Waals surface area contributed by atoms with Crippen LogP contribution in [0.1, 0.15) is 67.1 Å². The molecule has 6 heterocycles. The van der Waals surface area contributed by atoms with Gasteiger partial charge in [-0.2, -0.15) is 18.7 Å². The zero-order chi connectivity index (χ0) is 31.7. The minimum atomic E-state index is 0.623. The topological polar surface area (TPSA) is 194 Å². The lowest BCUT2D eigenvalue weighted by atomic mass is 10.4. The molecular weight excluding hydrogens is 601 g/mol. The zero-order valence-corrected chi connectivity index (χ0v) is 28.3. The normalized spacial score (nSPS) is 9.43. The molecule has 0 aliphatic heterocycles. The van der Waals surface area contributed by atoms with E-state index in [1.54, 1.807) is 27.7 Å². The van der Waals surface area contributed by atoms with Crippen molar-refractivity contribution in [1.29, 1.82) is 0 Å². The number of nitrogens with zero attached hydrogens (tertiary/aromatic N) is 12. The van der Waals surface area contributed by atoms with Crippen LogP contribution in [0.15, 0.2) is 13.6 Å². The average molecular weight is 637 g/mol. The van der Waals surface area contributed by atoms with Crippen molar-refractivity contribution in [3.05, 3.63) is 67.1 Å². The lowest BCUT2D eigenvalue weighted by molar-refractivity contribution is 0.373. The van der Waals surface area contributed by atoms with Crippen LogP contribution in [-0.2, 0) is 0 Å². The summed E-state index contributed by atoms with van der Waals surface area (Å²) >= 11 is 4.33. The van der Waals surface area contributed by atoms with Crippen molar-refractivity contribution in [2.24, 2.45) is 0 Å². The summed E-state index contributed by atoms with van der Waals surface area (Å²) in [7, 11) is 0. The SMILES string of the molecule is Cc1nnoc1C.Cc1nnsc1C.Cc1noc(C)n1.Cc1noc(C)n1.Cc1nsc(C)n1.Cc1nsc(C)n1. The summed E-state index contributed by atoms with van der Waals surface area (Å²) in [4.78, 5) is 16.9. The minimum Gasteiger partial charge on any atom is -0.342 e. The van der Waals surface area contributed by atoms with Crippen LogP contribution in [-0.4, -0.2) is 59.0 Å². The molecule has 18 heteroatoms. The van der Waals surface area contributed by atoms with Crippen molar-refractivity contribution in [3.8, 4) is 0 Å². The molecule has 0 saturated carbocycles. The van der Waals surface area contributed by atoms with Crippen LogP contribution in [0, 0.1) is 83.1 Å². The maximum atomic E-state index is 4.60. The maximum Gasteiger partial charge on any atom is 0.223 e. The molecule has 0 aliphatic rings. The maximum absolute atomic E-state index is 4.60. The van der Waals surface area contributed by atoms with E-state index in [1.807, 2.05) is 55.4 Å². The van der Waals surface area contributed by atoms with E-state index in [4.69, 9.17) is 0 Å². The number of hydrogen-bond donors (Lipinski definition) is 0. The van der Waals surface area contributed by atoms with Crippen molar-refractivity contribution in [2.75, 3.05) is 0 Å². The Hall–Kier alpha value is -3.90. The first-order valence-corrected chi connectivity index (χ1v) is 14.7. The molecule has 0 radical (unpaired) electrons. The molecular formula is C24H36N12O3S3. The van der Waals surface area contributed by atoms with Gasteiger partial charge in [0.25, 0.3) is 0 Å². The van der Waals surface area contributed by atoms with Gasteiger partial charge in [-0.1, -0.05) is 14.8 Å². The highest BCUT2D eigenvalue weighted by molar-refractivity contribution is 7.05. The Bertz CT molecular complexity index is 1260. The molecule has 0 bridgehead atoms. The van der Waals surface area contributed by atoms with Gasteiger partial charge in [0.1, 0.15) is 27.4 Å². The third-order valence-corrected chi connectivity index (χ3v) is 6.43. The number of aryl methyl sites for hydroxylation is 12. The van der Waals surface area contributed by atoms with Crippen LogP contribution in [0.4, 0.5) is 0 Å². The number of hydrogen-bond acceptors (Lipinski definition) is 18. The van der Waals surface area contributed by atoms with Crippen molar-refractivity contribution in [3.63, 3.8) is 0 Å². The Labute approximate surface area is 256 Å². The highest BCUT2D eigenvalue weighted by atomic mass is 32.1. The summed E-state index contributed by atoms with van der Waals surface area (Å²) in [6.07, 6.45) is 0. The molecule has 6 rings (SSSR count). The highest BCUT2D eigenvalue weighted by Gasteiger charge is 1.94. The molecule has 6 aromatic heterocycles. The summed E-state index contributed by atoms with van der Waals surface area (Å²) < 4.78 is 25.4. The Morgan fingerprint density at radius 1 is 0.476 bits per heavy atom. The predicted octanol–water partition coefficient (Wildman–Crippen LogP) is 5.52. The van der Waals surface area contributed by atoms with E-state index in [1.165, 1.54) is 39.5 Å². The van der Waals surface area contributed by atoms with Gasteiger partial charge in [-0.15, -0.1) is 10.2 Å². The zero-order valence-electron chi connectivity index (χ0n) is 25.8. The fraction of sp³-hybridized carbons (Fsp3) is 0.500. The quantitative estimate of drug-likeness (QED) is 0.202. The van der Waals surface area contributed by atoms with Crippen LogP contribution in [0.25, 0.3) is 0 Å². The second-order valence-electron chi connectivity index (χ2n) is 8.27. The van der Waals surface area contributed by atoms with Crippen molar-refractivity contribution >= 4 is 34.6 Å². The van der Waals surface area contributed by atoms with E-state index >= 15 is 0 Å². The van der Waals surface area contributed by atoms with E-state index in [0.29, 0.717) is 23.4 Å². The minimum absolute atomic E-state index is 0.623. The molecule has 6 aromatic rings. The monoisotopic (exact) mass is 636 g/mol. The molecule has 42 heavy (non-hydrogen) atoms. The van der Waals surface area contributed by atoms with E-state index < -0.39 is 0 Å². The van der Waals surface area contributed by atoms with Crippen LogP contribution in [0.2, 0.25) is 0 Å². The summed E-state index contributed by atoms with van der Waals surface area (Å²) in [5.74, 6) is 5.18. The Morgan fingerprint density at radius 2 is 0.952 bits per heavy atom. The lowest BCUT2D eigenvalue weighted by Crippen LogP contribution is -1.70. The molecule has 15 nitrogen and oxygen atoms in total. The van der Waals surface area contributed by atoms with Crippen molar-refractivity contribution in [2.45, 2.75) is 83.1 Å². The Kier molecular flexibility index (Phi) is 16.6. The van der Waals surface area contributed by atoms with E-state index in [2.05, 4.69) is 72.5 Å². The predicted molar refractivity (Wildman–Crippen MR) is 159 cm³/mol. The first-order valence-electron chi connectivity index (χ1n) is 12.4. The van der Waals surface area contributed by atoms with Gasteiger partial charge in [-0.05, 0) is 104 Å². The first kappa shape index (κ1) is 36.1. The smallest absolute Gasteiger partial charge is 0.223 e. The van der Waals surface area contributed by atoms with Crippen molar-refractivity contribution < 1.29 is 13.6 Å². The number of aromatic nitrogens is 12. The van der Waals surface area contributed by atoms with Gasteiger partial charge in [0.15, 0.2) is 17.4 Å². The Balaban J connectivity index is 0.000000252. The van der Waals surface area contributed by atoms with Gasteiger partial charge in [-0.25, -0.2) is 9.97 Å². The standard InChI is InChI=1S/3C4H6N2O.3C4H6N2S/c2*1-3-5-4(2)7-6-3;1-3-4(2)7-6-5-3;2*1-3-5-4(2)7-6-3;1-3-4(2)7-6-5-3/h6*1-2H3. The fourth-order valence-corrected chi connectivity index (χ4v) is 3.58. The van der Waals surface area contributed by atoms with Gasteiger partial charge < -0.3 is 13.6 Å². The molecule has 0 N–H and O–H groups in total. The highest BCUT2D eigenvalue weighted by Crippen LogP contribution is 2.04. The van der Waals surface area contributed by atoms with Gasteiger partial charge >= 0.3 is 0 Å². The summed E-state index contributed by atoms with van der Waals surface area (Å²) in [6, 6.07) is 0. The largest absolute Gasteiger partial charge is 0.342 e. The van der Waals surface area contributed by atoms with Gasteiger partial charge in [-0.3, -0.25) is 0 Å². The van der Waals surface area contributed by atoms with Gasteiger partial charge in [0.05, 0.1) is 5.69 Å². The molecule has 0 aromatic carbocycles. The van der Waals surface area contributed by atoms with E-state index in [9.17, 15) is 0 Å². The van der Waals surface area contributed by atoms with E-state index in [0.717, 1.165) is 38.8 Å². The lowest BCUT2D eigenvalue weighted by Gasteiger charge is -1.74.